The summed E-state index contributed by atoms with van der Waals surface area (Å²) in [6.45, 7) is 13.3. The molecule has 0 unspecified atom stereocenters. The fraction of sp³-hybridized carbons (Fsp3) is 1.00. The first-order chi connectivity index (χ1) is 11.2. The van der Waals surface area contributed by atoms with E-state index in [9.17, 15) is 16.8 Å². The van der Waals surface area contributed by atoms with Crippen molar-refractivity contribution < 1.29 is 16.8 Å². The molecule has 0 radical (unpaired) electrons. The monoisotopic (exact) mass is 386 g/mol. The van der Waals surface area contributed by atoms with Crippen molar-refractivity contribution >= 4 is 18.1 Å². The first-order valence-corrected chi connectivity index (χ1v) is 12.2. The SMILES string of the molecule is CCN(CC)CCCNS(=O)(=O)S(=O)(=O)NCCCN(CC)CC. The molecule has 146 valence electrons. The zero-order valence-electron chi connectivity index (χ0n) is 15.4. The van der Waals surface area contributed by atoms with E-state index in [-0.39, 0.29) is 13.1 Å². The molecule has 10 heteroatoms. The van der Waals surface area contributed by atoms with Gasteiger partial charge in [-0.15, -0.1) is 0 Å². The van der Waals surface area contributed by atoms with Crippen molar-refractivity contribution in [2.24, 2.45) is 0 Å². The number of nitrogens with one attached hydrogen (secondary N) is 2. The Kier molecular flexibility index (Phi) is 12.0. The van der Waals surface area contributed by atoms with Gasteiger partial charge in [0.05, 0.1) is 0 Å². The van der Waals surface area contributed by atoms with Crippen LogP contribution in [0, 0.1) is 0 Å². The second-order valence-corrected chi connectivity index (χ2v) is 10.5. The van der Waals surface area contributed by atoms with Crippen molar-refractivity contribution in [3.63, 3.8) is 0 Å². The predicted octanol–water partition coefficient (Wildman–Crippen LogP) is 0.204. The maximum Gasteiger partial charge on any atom is 0.331 e. The average molecular weight is 387 g/mol. The van der Waals surface area contributed by atoms with Crippen LogP contribution in [0.15, 0.2) is 0 Å². The Morgan fingerprint density at radius 1 is 0.625 bits per heavy atom. The van der Waals surface area contributed by atoms with Gasteiger partial charge in [-0.25, -0.2) is 9.44 Å². The molecule has 0 aromatic rings. The van der Waals surface area contributed by atoms with Crippen LogP contribution in [0.5, 0.6) is 0 Å². The van der Waals surface area contributed by atoms with E-state index in [0.717, 1.165) is 39.3 Å². The molecule has 0 atom stereocenters. The third-order valence-electron chi connectivity index (χ3n) is 3.94. The Morgan fingerprint density at radius 2 is 0.917 bits per heavy atom. The van der Waals surface area contributed by atoms with Crippen molar-refractivity contribution in [2.45, 2.75) is 40.5 Å². The maximum atomic E-state index is 11.9. The fourth-order valence-corrected chi connectivity index (χ4v) is 4.76. The van der Waals surface area contributed by atoms with E-state index in [2.05, 4.69) is 19.2 Å². The summed E-state index contributed by atoms with van der Waals surface area (Å²) in [4.78, 5) is 4.29. The van der Waals surface area contributed by atoms with Gasteiger partial charge < -0.3 is 9.80 Å². The Morgan fingerprint density at radius 3 is 1.17 bits per heavy atom. The highest BCUT2D eigenvalue weighted by Gasteiger charge is 2.28. The van der Waals surface area contributed by atoms with Crippen LogP contribution < -0.4 is 9.44 Å². The van der Waals surface area contributed by atoms with Gasteiger partial charge in [-0.2, -0.15) is 16.8 Å². The Hall–Kier alpha value is -0.260. The summed E-state index contributed by atoms with van der Waals surface area (Å²) >= 11 is 0. The molecule has 2 N–H and O–H groups in total. The molecule has 0 bridgehead atoms. The molecule has 0 aromatic carbocycles. The molecule has 0 heterocycles. The zero-order valence-corrected chi connectivity index (χ0v) is 17.0. The van der Waals surface area contributed by atoms with Gasteiger partial charge in [-0.05, 0) is 52.1 Å². The third kappa shape index (κ3) is 8.72. The van der Waals surface area contributed by atoms with Crippen LogP contribution >= 0.6 is 0 Å². The number of hydrogen-bond acceptors (Lipinski definition) is 6. The van der Waals surface area contributed by atoms with Gasteiger partial charge in [-0.3, -0.25) is 0 Å². The van der Waals surface area contributed by atoms with E-state index in [1.807, 2.05) is 27.7 Å². The molecule has 0 fully saturated rings. The Labute approximate surface area is 147 Å². The molecule has 0 aliphatic carbocycles. The molecular weight excluding hydrogens is 352 g/mol. The molecule has 0 aliphatic rings. The third-order valence-corrected chi connectivity index (χ3v) is 8.07. The van der Waals surface area contributed by atoms with E-state index in [1.165, 1.54) is 0 Å². The van der Waals surface area contributed by atoms with E-state index in [0.29, 0.717) is 12.8 Å². The fourth-order valence-electron chi connectivity index (χ4n) is 2.23. The summed E-state index contributed by atoms with van der Waals surface area (Å²) in [7, 11) is -8.81. The second-order valence-electron chi connectivity index (χ2n) is 5.46. The summed E-state index contributed by atoms with van der Waals surface area (Å²) in [6, 6.07) is 0. The van der Waals surface area contributed by atoms with Gasteiger partial charge in [0.15, 0.2) is 0 Å². The normalized spacial score (nSPS) is 13.1. The van der Waals surface area contributed by atoms with Crippen LogP contribution in [-0.2, 0) is 18.1 Å². The molecule has 24 heavy (non-hydrogen) atoms. The van der Waals surface area contributed by atoms with E-state index in [4.69, 9.17) is 0 Å². The minimum atomic E-state index is -4.40. The highest BCUT2D eigenvalue weighted by atomic mass is 33.2. The quantitative estimate of drug-likeness (QED) is 0.308. The molecule has 0 rings (SSSR count). The van der Waals surface area contributed by atoms with Crippen LogP contribution in [0.2, 0.25) is 0 Å². The van der Waals surface area contributed by atoms with Crippen molar-refractivity contribution in [1.82, 2.24) is 19.2 Å². The standard InChI is InChI=1S/C14H34N4O4S2/c1-5-17(6-2)13-9-11-15-23(19,20)24(21,22)16-12-10-14-18(7-3)8-4/h15-16H,5-14H2,1-4H3. The van der Waals surface area contributed by atoms with Gasteiger partial charge in [0.2, 0.25) is 0 Å². The smallest absolute Gasteiger partial charge is 0.304 e. The lowest BCUT2D eigenvalue weighted by atomic mass is 10.4. The topological polar surface area (TPSA) is 98.8 Å². The molecule has 0 spiro atoms. The number of nitrogens with zero attached hydrogens (tertiary/aromatic N) is 2. The molecule has 0 saturated carbocycles. The summed E-state index contributed by atoms with van der Waals surface area (Å²) in [5, 5.41) is 0. The lowest BCUT2D eigenvalue weighted by Crippen LogP contribution is -2.41. The van der Waals surface area contributed by atoms with Crippen LogP contribution in [0.25, 0.3) is 0 Å². The minimum absolute atomic E-state index is 0.110. The van der Waals surface area contributed by atoms with Crippen molar-refractivity contribution in [2.75, 3.05) is 52.4 Å². The van der Waals surface area contributed by atoms with Crippen LogP contribution in [0.3, 0.4) is 0 Å². The largest absolute Gasteiger partial charge is 0.331 e. The van der Waals surface area contributed by atoms with E-state index >= 15 is 0 Å². The zero-order chi connectivity index (χ0) is 18.6. The summed E-state index contributed by atoms with van der Waals surface area (Å²) in [5.74, 6) is 0. The van der Waals surface area contributed by atoms with Crippen molar-refractivity contribution in [1.29, 1.82) is 0 Å². The number of rotatable bonds is 15. The Balaban J connectivity index is 4.26. The van der Waals surface area contributed by atoms with Crippen LogP contribution in [0.1, 0.15) is 40.5 Å². The highest BCUT2D eigenvalue weighted by molar-refractivity contribution is 8.65. The lowest BCUT2D eigenvalue weighted by Gasteiger charge is -2.18. The van der Waals surface area contributed by atoms with Gasteiger partial charge in [0, 0.05) is 13.1 Å². The first kappa shape index (κ1) is 23.7. The Bertz CT molecular complexity index is 467. The van der Waals surface area contributed by atoms with Crippen LogP contribution in [0.4, 0.5) is 0 Å². The van der Waals surface area contributed by atoms with E-state index < -0.39 is 18.1 Å². The van der Waals surface area contributed by atoms with Gasteiger partial charge in [0.1, 0.15) is 0 Å². The number of hydrogen-bond donors (Lipinski definition) is 2. The molecule has 8 nitrogen and oxygen atoms in total. The molecular formula is C14H34N4O4S2. The molecule has 0 aromatic heterocycles. The summed E-state index contributed by atoms with van der Waals surface area (Å²) < 4.78 is 51.9. The maximum absolute atomic E-state index is 11.9. The predicted molar refractivity (Wildman–Crippen MR) is 98.7 cm³/mol. The van der Waals surface area contributed by atoms with Crippen molar-refractivity contribution in [3.05, 3.63) is 0 Å². The van der Waals surface area contributed by atoms with Gasteiger partial charge >= 0.3 is 18.1 Å². The lowest BCUT2D eigenvalue weighted by molar-refractivity contribution is 0.300. The summed E-state index contributed by atoms with van der Waals surface area (Å²) in [6.07, 6.45) is 1.14. The highest BCUT2D eigenvalue weighted by Crippen LogP contribution is 1.99. The van der Waals surface area contributed by atoms with E-state index in [1.54, 1.807) is 0 Å². The average Bonchev–Trinajstić information content (AvgIpc) is 2.55. The van der Waals surface area contributed by atoms with Crippen LogP contribution in [-0.4, -0.2) is 79.0 Å². The van der Waals surface area contributed by atoms with Crippen molar-refractivity contribution in [3.8, 4) is 0 Å². The molecule has 0 aliphatic heterocycles. The van der Waals surface area contributed by atoms with Gasteiger partial charge in [-0.1, -0.05) is 27.7 Å². The van der Waals surface area contributed by atoms with Gasteiger partial charge in [0.25, 0.3) is 0 Å². The molecule has 0 amide bonds. The first-order valence-electron chi connectivity index (χ1n) is 8.67. The minimum Gasteiger partial charge on any atom is -0.304 e. The molecule has 0 saturated heterocycles. The second kappa shape index (κ2) is 12.2. The summed E-state index contributed by atoms with van der Waals surface area (Å²) in [5.41, 5.74) is 0.